The third kappa shape index (κ3) is 100. The Morgan fingerprint density at radius 2 is 0.762 bits per heavy atom. The first-order chi connectivity index (χ1) is 8.57. The number of likely N-dealkylation sites (N-methyl/N-ethyl adjacent to an activating group) is 2. The van der Waals surface area contributed by atoms with Crippen molar-refractivity contribution in [3.63, 3.8) is 0 Å². The van der Waals surface area contributed by atoms with Gasteiger partial charge in [0, 0.05) is 0 Å². The minimum atomic E-state index is -11.2. The van der Waals surface area contributed by atoms with Gasteiger partial charge in [0.25, 0.3) is 0 Å². The summed E-state index contributed by atoms with van der Waals surface area (Å²) in [5.41, 5.74) is 0. The van der Waals surface area contributed by atoms with E-state index in [1.165, 1.54) is 0 Å². The van der Waals surface area contributed by atoms with E-state index in [4.69, 9.17) is 10.2 Å². The molecule has 0 aromatic rings. The average molecular weight is 370 g/mol. The van der Waals surface area contributed by atoms with E-state index in [2.05, 4.69) is 42.3 Å². The van der Waals surface area contributed by atoms with E-state index in [1.54, 1.807) is 0 Å². The van der Waals surface area contributed by atoms with E-state index in [-0.39, 0.29) is 13.2 Å². The molecule has 0 aromatic carbocycles. The number of halogens is 6. The molecular formula is C10H28F6N2O2Ti. The third-order valence-electron chi connectivity index (χ3n) is 1.54. The van der Waals surface area contributed by atoms with E-state index in [0.717, 1.165) is 22.1 Å². The molecule has 0 atom stereocenters. The van der Waals surface area contributed by atoms with Crippen LogP contribution in [0.4, 0.5) is 18.6 Å². The summed E-state index contributed by atoms with van der Waals surface area (Å²) in [5, 5.41) is 16.8. The van der Waals surface area contributed by atoms with Gasteiger partial charge in [-0.3, -0.25) is 0 Å². The molecule has 136 valence electrons. The molecule has 0 heterocycles. The van der Waals surface area contributed by atoms with Gasteiger partial charge in [0.15, 0.2) is 0 Å². The fraction of sp³-hybridized carbons (Fsp3) is 1.00. The van der Waals surface area contributed by atoms with Gasteiger partial charge >= 0.3 is 35.8 Å². The Labute approximate surface area is 124 Å². The van der Waals surface area contributed by atoms with Gasteiger partial charge in [-0.05, 0) is 0 Å². The van der Waals surface area contributed by atoms with Crippen LogP contribution in [0.2, 0.25) is 0 Å². The summed E-state index contributed by atoms with van der Waals surface area (Å²) in [6.07, 6.45) is 0. The Bertz CT molecular complexity index is 253. The second kappa shape index (κ2) is 7.60. The molecule has 0 fully saturated rings. The number of aliphatic hydroxyl groups is 2. The minimum absolute atomic E-state index is 0.281. The molecule has 21 heavy (non-hydrogen) atoms. The molecule has 0 saturated heterocycles. The van der Waals surface area contributed by atoms with Crippen LogP contribution in [0.1, 0.15) is 0 Å². The maximum absolute atomic E-state index is 11.2. The molecule has 2 N–H and O–H groups in total. The number of hydrogen-bond donors (Lipinski definition) is 2. The maximum atomic E-state index is 9.92. The molecule has 0 amide bonds. The number of rotatable bonds is 4. The fourth-order valence-corrected chi connectivity index (χ4v) is 0.600. The standard InChI is InChI=1S/2C5H14NO.6FH.Ti/c2*1-6(2,3)4-5-7;;;;;;;/h2*7H,4-5H2,1-3H3;6*1H;/q2*+1;;;;;;;+4/p-6. The molecule has 0 aliphatic rings. The quantitative estimate of drug-likeness (QED) is 0.451. The molecule has 0 radical (unpaired) electrons. The first kappa shape index (κ1) is 26.1. The molecule has 0 aromatic heterocycles. The number of quaternary nitrogens is 2. The first-order valence-corrected chi connectivity index (χ1v) is 9.62. The van der Waals surface area contributed by atoms with E-state index in [1.807, 2.05) is 0 Å². The van der Waals surface area contributed by atoms with E-state index in [0.29, 0.717) is 0 Å². The fourth-order valence-electron chi connectivity index (χ4n) is 0.600. The van der Waals surface area contributed by atoms with Crippen LogP contribution in [0.15, 0.2) is 0 Å². The monoisotopic (exact) mass is 370 g/mol. The summed E-state index contributed by atoms with van der Waals surface area (Å²) in [6, 6.07) is 0. The molecule has 0 aliphatic heterocycles. The summed E-state index contributed by atoms with van der Waals surface area (Å²) in [7, 11) is 12.3. The normalized spacial score (nSPS) is 15.7. The summed E-state index contributed by atoms with van der Waals surface area (Å²) < 4.78 is 61.2. The zero-order valence-corrected chi connectivity index (χ0v) is 14.9. The van der Waals surface area contributed by atoms with Crippen molar-refractivity contribution in [2.24, 2.45) is 0 Å². The van der Waals surface area contributed by atoms with Gasteiger partial charge in [-0.15, -0.1) is 0 Å². The number of hydrogen-bond acceptors (Lipinski definition) is 2. The van der Waals surface area contributed by atoms with Gasteiger partial charge in [-0.25, -0.2) is 0 Å². The summed E-state index contributed by atoms with van der Waals surface area (Å²) in [4.78, 5) is 0. The van der Waals surface area contributed by atoms with Crippen LogP contribution in [-0.2, 0) is 17.2 Å². The SMILES string of the molecule is C[N+](C)(C)CCO.C[N+](C)(C)CCO.[F][Ti-2]([F])([F])([F])([F])[F]. The molecule has 0 saturated carbocycles. The van der Waals surface area contributed by atoms with Crippen molar-refractivity contribution in [2.45, 2.75) is 0 Å². The van der Waals surface area contributed by atoms with Gasteiger partial charge in [0.05, 0.1) is 55.5 Å². The van der Waals surface area contributed by atoms with Crippen molar-refractivity contribution < 1.29 is 55.0 Å². The van der Waals surface area contributed by atoms with E-state index < -0.39 is 17.2 Å². The van der Waals surface area contributed by atoms with Gasteiger partial charge in [0.2, 0.25) is 0 Å². The van der Waals surface area contributed by atoms with Crippen LogP contribution in [-0.4, -0.2) is 87.8 Å². The zero-order valence-electron chi connectivity index (χ0n) is 13.4. The van der Waals surface area contributed by atoms with Crippen molar-refractivity contribution in [1.82, 2.24) is 0 Å². The van der Waals surface area contributed by atoms with Crippen LogP contribution in [0.5, 0.6) is 0 Å². The zero-order chi connectivity index (χ0) is 18.2. The second-order valence-electron chi connectivity index (χ2n) is 6.55. The topological polar surface area (TPSA) is 40.5 Å². The number of aliphatic hydroxyl groups excluding tert-OH is 2. The average Bonchev–Trinajstić information content (AvgIpc) is 1.92. The molecule has 0 rings (SSSR count). The second-order valence-corrected chi connectivity index (χ2v) is 9.89. The summed E-state index contributed by atoms with van der Waals surface area (Å²) in [6.45, 7) is 2.23. The van der Waals surface area contributed by atoms with Crippen molar-refractivity contribution in [1.29, 1.82) is 0 Å². The van der Waals surface area contributed by atoms with Crippen LogP contribution >= 0.6 is 0 Å². The van der Waals surface area contributed by atoms with Gasteiger partial charge in [-0.1, -0.05) is 0 Å². The van der Waals surface area contributed by atoms with Crippen LogP contribution in [0, 0.1) is 0 Å². The molecule has 0 aliphatic carbocycles. The summed E-state index contributed by atoms with van der Waals surface area (Å²) >= 11 is -11.2. The van der Waals surface area contributed by atoms with Gasteiger partial charge in [-0.2, -0.15) is 0 Å². The van der Waals surface area contributed by atoms with Crippen LogP contribution in [0.25, 0.3) is 0 Å². The van der Waals surface area contributed by atoms with Gasteiger partial charge < -0.3 is 19.2 Å². The Morgan fingerprint density at radius 3 is 0.762 bits per heavy atom. The van der Waals surface area contributed by atoms with E-state index in [9.17, 15) is 18.6 Å². The third-order valence-corrected chi connectivity index (χ3v) is 1.54. The number of nitrogens with zero attached hydrogens (tertiary/aromatic N) is 2. The molecule has 0 bridgehead atoms. The van der Waals surface area contributed by atoms with Crippen LogP contribution in [0.3, 0.4) is 0 Å². The van der Waals surface area contributed by atoms with Crippen molar-refractivity contribution in [3.8, 4) is 0 Å². The Hall–Kier alpha value is 0.134. The Morgan fingerprint density at radius 1 is 0.619 bits per heavy atom. The molecule has 0 spiro atoms. The predicted octanol–water partition coefficient (Wildman–Crippen LogP) is 1.89. The molecule has 4 nitrogen and oxygen atoms in total. The van der Waals surface area contributed by atoms with Crippen molar-refractivity contribution in [3.05, 3.63) is 0 Å². The van der Waals surface area contributed by atoms with Crippen molar-refractivity contribution >= 4 is 0 Å². The first-order valence-electron chi connectivity index (χ1n) is 6.08. The predicted molar refractivity (Wildman–Crippen MR) is 66.6 cm³/mol. The molecule has 0 unspecified atom stereocenters. The molecule has 11 heteroatoms. The molecular weight excluding hydrogens is 342 g/mol. The Kier molecular flexibility index (Phi) is 9.43. The Balaban J connectivity index is -0.000000231. The summed E-state index contributed by atoms with van der Waals surface area (Å²) in [5.74, 6) is 0. The van der Waals surface area contributed by atoms with Crippen LogP contribution < -0.4 is 0 Å². The van der Waals surface area contributed by atoms with Gasteiger partial charge in [0.1, 0.15) is 13.1 Å². The van der Waals surface area contributed by atoms with Crippen molar-refractivity contribution in [2.75, 3.05) is 68.6 Å². The van der Waals surface area contributed by atoms with E-state index >= 15 is 0 Å².